The second-order valence-electron chi connectivity index (χ2n) is 4.36. The zero-order chi connectivity index (χ0) is 15.2. The molecule has 110 valence electrons. The van der Waals surface area contributed by atoms with Gasteiger partial charge in [0.2, 0.25) is 5.91 Å². The Labute approximate surface area is 120 Å². The van der Waals surface area contributed by atoms with Crippen molar-refractivity contribution in [2.45, 2.75) is 19.4 Å². The first-order valence-corrected chi connectivity index (χ1v) is 6.30. The van der Waals surface area contributed by atoms with E-state index in [2.05, 4.69) is 15.3 Å². The van der Waals surface area contributed by atoms with E-state index < -0.39 is 11.9 Å². The Balaban J connectivity index is 1.89. The highest BCUT2D eigenvalue weighted by molar-refractivity contribution is 6.37. The molecule has 0 unspecified atom stereocenters. The lowest BCUT2D eigenvalue weighted by molar-refractivity contribution is -0.137. The molecule has 7 nitrogen and oxygen atoms in total. The smallest absolute Gasteiger partial charge is 0.354 e. The molecular formula is C14H14N2O5. The van der Waals surface area contributed by atoms with Gasteiger partial charge in [0.05, 0.1) is 12.7 Å². The number of hydrogen-bond acceptors (Lipinski definition) is 6. The summed E-state index contributed by atoms with van der Waals surface area (Å²) < 4.78 is 9.68. The molecule has 21 heavy (non-hydrogen) atoms. The van der Waals surface area contributed by atoms with E-state index in [1.807, 2.05) is 0 Å². The maximum atomic E-state index is 11.7. The van der Waals surface area contributed by atoms with Crippen LogP contribution in [0.25, 0.3) is 0 Å². The number of benzene rings is 1. The fourth-order valence-corrected chi connectivity index (χ4v) is 1.71. The molecule has 1 amide bonds. The van der Waals surface area contributed by atoms with Crippen LogP contribution in [0.1, 0.15) is 28.8 Å². The fourth-order valence-electron chi connectivity index (χ4n) is 1.71. The Morgan fingerprint density at radius 3 is 2.48 bits per heavy atom. The van der Waals surface area contributed by atoms with E-state index in [1.165, 1.54) is 7.11 Å². The molecule has 0 aromatic heterocycles. The van der Waals surface area contributed by atoms with Gasteiger partial charge in [-0.25, -0.2) is 15.0 Å². The molecule has 1 aliphatic rings. The van der Waals surface area contributed by atoms with E-state index in [1.54, 1.807) is 24.3 Å². The van der Waals surface area contributed by atoms with Crippen LogP contribution in [0, 0.1) is 0 Å². The molecule has 0 bridgehead atoms. The van der Waals surface area contributed by atoms with Gasteiger partial charge in [0.15, 0.2) is 0 Å². The lowest BCUT2D eigenvalue weighted by atomic mass is 10.1. The third-order valence-corrected chi connectivity index (χ3v) is 2.89. The van der Waals surface area contributed by atoms with E-state index in [0.717, 1.165) is 5.56 Å². The molecule has 1 aromatic carbocycles. The van der Waals surface area contributed by atoms with Crippen molar-refractivity contribution in [1.29, 1.82) is 0 Å². The number of ether oxygens (including phenoxy) is 2. The summed E-state index contributed by atoms with van der Waals surface area (Å²) in [5, 5.41) is 3.65. The van der Waals surface area contributed by atoms with E-state index in [4.69, 9.17) is 4.74 Å². The van der Waals surface area contributed by atoms with Gasteiger partial charge in [-0.05, 0) is 17.7 Å². The van der Waals surface area contributed by atoms with Crippen molar-refractivity contribution in [3.8, 4) is 0 Å². The Hall–Kier alpha value is -2.70. The second-order valence-corrected chi connectivity index (χ2v) is 4.36. The molecule has 0 saturated heterocycles. The predicted molar refractivity (Wildman–Crippen MR) is 72.4 cm³/mol. The molecule has 1 heterocycles. The minimum Gasteiger partial charge on any atom is -0.465 e. The van der Waals surface area contributed by atoms with Gasteiger partial charge in [-0.3, -0.25) is 4.79 Å². The maximum absolute atomic E-state index is 11.7. The van der Waals surface area contributed by atoms with Gasteiger partial charge in [-0.1, -0.05) is 12.1 Å². The van der Waals surface area contributed by atoms with Crippen LogP contribution in [0.4, 0.5) is 0 Å². The average molecular weight is 290 g/mol. The molecule has 0 saturated carbocycles. The van der Waals surface area contributed by atoms with E-state index in [-0.39, 0.29) is 31.1 Å². The lowest BCUT2D eigenvalue weighted by Gasteiger charge is -2.11. The molecule has 7 heteroatoms. The standard InChI is InChI=1S/C14H14N2O5/c1-20-13(18)10-4-2-9(3-5-10)8-21-14(19)11-6-7-12(17)16-15-11/h2-5H,6-8H2,1H3,(H,16,17). The fraction of sp³-hybridized carbons (Fsp3) is 0.286. The first kappa shape index (κ1) is 14.7. The second kappa shape index (κ2) is 6.65. The van der Waals surface area contributed by atoms with Gasteiger partial charge in [0.1, 0.15) is 12.3 Å². The number of amides is 1. The molecule has 0 atom stereocenters. The molecule has 0 aliphatic carbocycles. The number of carbonyl (C=O) groups excluding carboxylic acids is 3. The van der Waals surface area contributed by atoms with Crippen LogP contribution in [0.5, 0.6) is 0 Å². The molecule has 0 spiro atoms. The summed E-state index contributed by atoms with van der Waals surface area (Å²) in [6, 6.07) is 6.52. The maximum Gasteiger partial charge on any atom is 0.354 e. The van der Waals surface area contributed by atoms with Gasteiger partial charge in [0, 0.05) is 12.8 Å². The molecule has 1 aromatic rings. The summed E-state index contributed by atoms with van der Waals surface area (Å²) in [4.78, 5) is 33.9. The summed E-state index contributed by atoms with van der Waals surface area (Å²) in [5.74, 6) is -1.21. The molecule has 0 fully saturated rings. The summed E-state index contributed by atoms with van der Waals surface area (Å²) in [6.07, 6.45) is 0.494. The number of hydrazone groups is 1. The normalized spacial score (nSPS) is 14.0. The summed E-state index contributed by atoms with van der Waals surface area (Å²) in [7, 11) is 1.31. The number of esters is 2. The Bertz CT molecular complexity index is 592. The lowest BCUT2D eigenvalue weighted by Crippen LogP contribution is -2.30. The largest absolute Gasteiger partial charge is 0.465 e. The van der Waals surface area contributed by atoms with Gasteiger partial charge in [-0.2, -0.15) is 5.10 Å². The Morgan fingerprint density at radius 2 is 1.90 bits per heavy atom. The summed E-state index contributed by atoms with van der Waals surface area (Å²) >= 11 is 0. The van der Waals surface area contributed by atoms with Crippen LogP contribution in [0.2, 0.25) is 0 Å². The molecule has 0 radical (unpaired) electrons. The van der Waals surface area contributed by atoms with Gasteiger partial charge < -0.3 is 9.47 Å². The first-order valence-electron chi connectivity index (χ1n) is 6.30. The third kappa shape index (κ3) is 3.88. The summed E-state index contributed by atoms with van der Waals surface area (Å²) in [6.45, 7) is 0.0628. The zero-order valence-electron chi connectivity index (χ0n) is 11.4. The Morgan fingerprint density at radius 1 is 1.19 bits per heavy atom. The topological polar surface area (TPSA) is 94.1 Å². The quantitative estimate of drug-likeness (QED) is 0.827. The number of nitrogens with one attached hydrogen (secondary N) is 1. The highest BCUT2D eigenvalue weighted by atomic mass is 16.5. The highest BCUT2D eigenvalue weighted by Gasteiger charge is 2.19. The molecule has 1 aliphatic heterocycles. The van der Waals surface area contributed by atoms with Crippen LogP contribution in [0.15, 0.2) is 29.4 Å². The average Bonchev–Trinajstić information content (AvgIpc) is 2.53. The minimum atomic E-state index is -0.563. The molecule has 1 N–H and O–H groups in total. The molecular weight excluding hydrogens is 276 g/mol. The number of hydrogen-bond donors (Lipinski definition) is 1. The van der Waals surface area contributed by atoms with Crippen LogP contribution in [-0.4, -0.2) is 30.7 Å². The van der Waals surface area contributed by atoms with Crippen LogP contribution in [0.3, 0.4) is 0 Å². The van der Waals surface area contributed by atoms with Crippen LogP contribution in [-0.2, 0) is 25.7 Å². The van der Waals surface area contributed by atoms with Crippen molar-refractivity contribution >= 4 is 23.6 Å². The van der Waals surface area contributed by atoms with E-state index in [0.29, 0.717) is 5.56 Å². The Kier molecular flexibility index (Phi) is 4.65. The van der Waals surface area contributed by atoms with Gasteiger partial charge in [-0.15, -0.1) is 0 Å². The number of carbonyl (C=O) groups is 3. The van der Waals surface area contributed by atoms with E-state index in [9.17, 15) is 14.4 Å². The number of rotatable bonds is 4. The van der Waals surface area contributed by atoms with Gasteiger partial charge >= 0.3 is 11.9 Å². The van der Waals surface area contributed by atoms with Crippen molar-refractivity contribution in [3.05, 3.63) is 35.4 Å². The monoisotopic (exact) mass is 290 g/mol. The SMILES string of the molecule is COC(=O)c1ccc(COC(=O)C2=NNC(=O)CC2)cc1. The van der Waals surface area contributed by atoms with Crippen LogP contribution < -0.4 is 5.43 Å². The first-order chi connectivity index (χ1) is 10.1. The van der Waals surface area contributed by atoms with Crippen LogP contribution >= 0.6 is 0 Å². The van der Waals surface area contributed by atoms with E-state index >= 15 is 0 Å². The number of nitrogens with zero attached hydrogens (tertiary/aromatic N) is 1. The molecule has 2 rings (SSSR count). The van der Waals surface area contributed by atoms with Gasteiger partial charge in [0.25, 0.3) is 0 Å². The van der Waals surface area contributed by atoms with Crippen molar-refractivity contribution in [2.24, 2.45) is 5.10 Å². The third-order valence-electron chi connectivity index (χ3n) is 2.89. The predicted octanol–water partition coefficient (Wildman–Crippen LogP) is 0.782. The van der Waals surface area contributed by atoms with Crippen molar-refractivity contribution < 1.29 is 23.9 Å². The zero-order valence-corrected chi connectivity index (χ0v) is 11.4. The summed E-state index contributed by atoms with van der Waals surface area (Å²) in [5.41, 5.74) is 3.59. The highest BCUT2D eigenvalue weighted by Crippen LogP contribution is 2.08. The number of methoxy groups -OCH3 is 1. The van der Waals surface area contributed by atoms with Crippen molar-refractivity contribution in [2.75, 3.05) is 7.11 Å². The van der Waals surface area contributed by atoms with Crippen molar-refractivity contribution in [1.82, 2.24) is 5.43 Å². The minimum absolute atomic E-state index is 0.0628. The van der Waals surface area contributed by atoms with Crippen molar-refractivity contribution in [3.63, 3.8) is 0 Å².